The Morgan fingerprint density at radius 1 is 0.889 bits per heavy atom. The van der Waals surface area contributed by atoms with E-state index >= 15 is 0 Å². The van der Waals surface area contributed by atoms with Gasteiger partial charge in [0, 0.05) is 44.4 Å². The number of anilines is 1. The van der Waals surface area contributed by atoms with Crippen LogP contribution in [0.25, 0.3) is 0 Å². The molecule has 1 heterocycles. The van der Waals surface area contributed by atoms with Gasteiger partial charge in [0.05, 0.1) is 4.90 Å². The number of amides is 2. The molecule has 1 saturated heterocycles. The van der Waals surface area contributed by atoms with Gasteiger partial charge in [-0.05, 0) is 36.4 Å². The molecule has 0 unspecified atom stereocenters. The van der Waals surface area contributed by atoms with Crippen LogP contribution in [0.3, 0.4) is 0 Å². The van der Waals surface area contributed by atoms with E-state index in [2.05, 4.69) is 5.32 Å². The first-order valence-corrected chi connectivity index (χ1v) is 10.0. The highest BCUT2D eigenvalue weighted by molar-refractivity contribution is 7.89. The number of hydrogen-bond acceptors (Lipinski definition) is 4. The van der Waals surface area contributed by atoms with Crippen molar-refractivity contribution in [1.82, 2.24) is 9.21 Å². The van der Waals surface area contributed by atoms with E-state index in [1.54, 1.807) is 17.0 Å². The maximum atomic E-state index is 12.8. The number of sulfonamides is 1. The standard InChI is InChI=1S/C19H21N3O4S/c1-15(23)21-11-13-22(14-12-21)27(25,26)18-9-7-16(8-10-18)19(24)20-17-5-3-2-4-6-17/h2-10H,11-14H2,1H3,(H,20,24). The van der Waals surface area contributed by atoms with Crippen LogP contribution in [0, 0.1) is 0 Å². The van der Waals surface area contributed by atoms with Crippen LogP contribution < -0.4 is 5.32 Å². The summed E-state index contributed by atoms with van der Waals surface area (Å²) in [6, 6.07) is 14.9. The summed E-state index contributed by atoms with van der Waals surface area (Å²) in [5.74, 6) is -0.360. The quantitative estimate of drug-likeness (QED) is 0.867. The van der Waals surface area contributed by atoms with Gasteiger partial charge >= 0.3 is 0 Å². The Labute approximate surface area is 158 Å². The van der Waals surface area contributed by atoms with Crippen molar-refractivity contribution in [3.63, 3.8) is 0 Å². The Kier molecular flexibility index (Phi) is 5.57. The van der Waals surface area contributed by atoms with Gasteiger partial charge in [0.2, 0.25) is 15.9 Å². The summed E-state index contributed by atoms with van der Waals surface area (Å²) in [7, 11) is -3.65. The van der Waals surface area contributed by atoms with Crippen molar-refractivity contribution in [1.29, 1.82) is 0 Å². The van der Waals surface area contributed by atoms with Crippen molar-refractivity contribution in [2.45, 2.75) is 11.8 Å². The Hall–Kier alpha value is -2.71. The largest absolute Gasteiger partial charge is 0.340 e. The fraction of sp³-hybridized carbons (Fsp3) is 0.263. The molecule has 1 fully saturated rings. The van der Waals surface area contributed by atoms with Gasteiger partial charge in [-0.15, -0.1) is 0 Å². The van der Waals surface area contributed by atoms with Crippen LogP contribution in [-0.4, -0.2) is 55.6 Å². The second kappa shape index (κ2) is 7.89. The van der Waals surface area contributed by atoms with E-state index in [0.29, 0.717) is 24.3 Å². The molecule has 1 aliphatic heterocycles. The van der Waals surface area contributed by atoms with Gasteiger partial charge in [-0.25, -0.2) is 8.42 Å². The number of nitrogens with one attached hydrogen (secondary N) is 1. The molecule has 1 aliphatic rings. The molecule has 8 heteroatoms. The number of carbonyl (C=O) groups is 2. The van der Waals surface area contributed by atoms with Crippen LogP contribution in [0.1, 0.15) is 17.3 Å². The average molecular weight is 387 g/mol. The molecule has 2 aromatic rings. The highest BCUT2D eigenvalue weighted by Crippen LogP contribution is 2.19. The molecule has 3 rings (SSSR count). The van der Waals surface area contributed by atoms with Crippen LogP contribution >= 0.6 is 0 Å². The van der Waals surface area contributed by atoms with E-state index in [1.807, 2.05) is 18.2 Å². The summed E-state index contributed by atoms with van der Waals surface area (Å²) < 4.78 is 26.9. The SMILES string of the molecule is CC(=O)N1CCN(S(=O)(=O)c2ccc(C(=O)Nc3ccccc3)cc2)CC1. The Morgan fingerprint density at radius 3 is 2.04 bits per heavy atom. The molecule has 7 nitrogen and oxygen atoms in total. The summed E-state index contributed by atoms with van der Waals surface area (Å²) in [4.78, 5) is 25.4. The molecular formula is C19H21N3O4S. The first-order chi connectivity index (χ1) is 12.9. The molecule has 142 valence electrons. The number of rotatable bonds is 4. The van der Waals surface area contributed by atoms with Crippen molar-refractivity contribution in [3.05, 3.63) is 60.2 Å². The predicted octanol–water partition coefficient (Wildman–Crippen LogP) is 1.79. The van der Waals surface area contributed by atoms with Crippen LogP contribution in [-0.2, 0) is 14.8 Å². The van der Waals surface area contributed by atoms with Gasteiger partial charge < -0.3 is 10.2 Å². The van der Waals surface area contributed by atoms with E-state index in [4.69, 9.17) is 0 Å². The predicted molar refractivity (Wildman–Crippen MR) is 102 cm³/mol. The molecule has 0 spiro atoms. The minimum Gasteiger partial charge on any atom is -0.340 e. The van der Waals surface area contributed by atoms with E-state index in [1.165, 1.54) is 35.5 Å². The maximum Gasteiger partial charge on any atom is 0.255 e. The van der Waals surface area contributed by atoms with Crippen molar-refractivity contribution in [2.75, 3.05) is 31.5 Å². The number of hydrogen-bond donors (Lipinski definition) is 1. The zero-order chi connectivity index (χ0) is 19.4. The second-order valence-electron chi connectivity index (χ2n) is 6.25. The Morgan fingerprint density at radius 2 is 1.48 bits per heavy atom. The molecular weight excluding hydrogens is 366 g/mol. The first kappa shape index (κ1) is 19.1. The van der Waals surface area contributed by atoms with E-state index < -0.39 is 10.0 Å². The first-order valence-electron chi connectivity index (χ1n) is 8.60. The van der Waals surface area contributed by atoms with Crippen LogP contribution in [0.5, 0.6) is 0 Å². The summed E-state index contributed by atoms with van der Waals surface area (Å²) in [6.07, 6.45) is 0. The lowest BCUT2D eigenvalue weighted by Crippen LogP contribution is -2.49. The normalized spacial score (nSPS) is 15.4. The molecule has 0 aromatic heterocycles. The number of benzene rings is 2. The third-order valence-corrected chi connectivity index (χ3v) is 6.38. The summed E-state index contributed by atoms with van der Waals surface area (Å²) in [5.41, 5.74) is 1.04. The number of nitrogens with zero attached hydrogens (tertiary/aromatic N) is 2. The monoisotopic (exact) mass is 387 g/mol. The summed E-state index contributed by atoms with van der Waals surface area (Å²) in [5, 5.41) is 2.76. The molecule has 0 aliphatic carbocycles. The Balaban J connectivity index is 1.69. The summed E-state index contributed by atoms with van der Waals surface area (Å²) >= 11 is 0. The minimum absolute atomic E-state index is 0.0548. The molecule has 0 radical (unpaired) electrons. The fourth-order valence-electron chi connectivity index (χ4n) is 2.90. The lowest BCUT2D eigenvalue weighted by molar-refractivity contribution is -0.129. The van der Waals surface area contributed by atoms with Crippen molar-refractivity contribution in [3.8, 4) is 0 Å². The van der Waals surface area contributed by atoms with Gasteiger partial charge in [-0.1, -0.05) is 18.2 Å². The average Bonchev–Trinajstić information content (AvgIpc) is 2.69. The van der Waals surface area contributed by atoms with E-state index in [9.17, 15) is 18.0 Å². The third-order valence-electron chi connectivity index (χ3n) is 4.47. The molecule has 2 amide bonds. The Bertz CT molecular complexity index is 919. The van der Waals surface area contributed by atoms with Crippen LogP contribution in [0.15, 0.2) is 59.5 Å². The van der Waals surface area contributed by atoms with E-state index in [-0.39, 0.29) is 29.8 Å². The molecule has 0 atom stereocenters. The van der Waals surface area contributed by atoms with Gasteiger partial charge in [0.25, 0.3) is 5.91 Å². The van der Waals surface area contributed by atoms with Gasteiger partial charge in [-0.2, -0.15) is 4.31 Å². The van der Waals surface area contributed by atoms with Crippen LogP contribution in [0.2, 0.25) is 0 Å². The van der Waals surface area contributed by atoms with Gasteiger partial charge in [0.15, 0.2) is 0 Å². The molecule has 1 N–H and O–H groups in total. The number of piperazine rings is 1. The fourth-order valence-corrected chi connectivity index (χ4v) is 4.32. The second-order valence-corrected chi connectivity index (χ2v) is 8.19. The number of para-hydroxylation sites is 1. The topological polar surface area (TPSA) is 86.8 Å². The zero-order valence-corrected chi connectivity index (χ0v) is 15.8. The van der Waals surface area contributed by atoms with Crippen molar-refractivity contribution >= 4 is 27.5 Å². The van der Waals surface area contributed by atoms with Crippen LogP contribution in [0.4, 0.5) is 5.69 Å². The highest BCUT2D eigenvalue weighted by atomic mass is 32.2. The molecule has 0 saturated carbocycles. The summed E-state index contributed by atoms with van der Waals surface area (Å²) in [6.45, 7) is 2.76. The van der Waals surface area contributed by atoms with Crippen molar-refractivity contribution < 1.29 is 18.0 Å². The minimum atomic E-state index is -3.65. The maximum absolute atomic E-state index is 12.8. The number of carbonyl (C=O) groups excluding carboxylic acids is 2. The third kappa shape index (κ3) is 4.35. The highest BCUT2D eigenvalue weighted by Gasteiger charge is 2.29. The lowest BCUT2D eigenvalue weighted by Gasteiger charge is -2.33. The van der Waals surface area contributed by atoms with Gasteiger partial charge in [0.1, 0.15) is 0 Å². The molecule has 27 heavy (non-hydrogen) atoms. The molecule has 0 bridgehead atoms. The van der Waals surface area contributed by atoms with Gasteiger partial charge in [-0.3, -0.25) is 9.59 Å². The van der Waals surface area contributed by atoms with E-state index in [0.717, 1.165) is 0 Å². The smallest absolute Gasteiger partial charge is 0.255 e. The van der Waals surface area contributed by atoms with Crippen molar-refractivity contribution in [2.24, 2.45) is 0 Å². The molecule has 2 aromatic carbocycles. The zero-order valence-electron chi connectivity index (χ0n) is 15.0. The lowest BCUT2D eigenvalue weighted by atomic mass is 10.2.